The van der Waals surface area contributed by atoms with Crippen molar-refractivity contribution in [3.05, 3.63) is 24.3 Å². The molecule has 0 spiro atoms. The highest BCUT2D eigenvalue weighted by atomic mass is 16.5. The average molecular weight is 1070 g/mol. The fourth-order valence-electron chi connectivity index (χ4n) is 10.9. The molecule has 0 heterocycles. The summed E-state index contributed by atoms with van der Waals surface area (Å²) < 4.78 is 5.47. The van der Waals surface area contributed by atoms with Gasteiger partial charge in [0.1, 0.15) is 0 Å². The van der Waals surface area contributed by atoms with Crippen molar-refractivity contribution >= 4 is 11.9 Å². The Hall–Kier alpha value is -1.66. The van der Waals surface area contributed by atoms with Crippen LogP contribution in [-0.4, -0.2) is 47.4 Å². The summed E-state index contributed by atoms with van der Waals surface area (Å²) in [5.74, 6) is -0.0524. The summed E-state index contributed by atoms with van der Waals surface area (Å²) in [6, 6.07) is -0.626. The van der Waals surface area contributed by atoms with Crippen molar-refractivity contribution in [2.75, 3.05) is 13.2 Å². The van der Waals surface area contributed by atoms with Gasteiger partial charge in [0.2, 0.25) is 5.91 Å². The van der Waals surface area contributed by atoms with Gasteiger partial charge in [0.25, 0.3) is 0 Å². The molecule has 0 rings (SSSR count). The molecule has 0 aromatic carbocycles. The lowest BCUT2D eigenvalue weighted by Gasteiger charge is -2.20. The molecule has 0 radical (unpaired) electrons. The highest BCUT2D eigenvalue weighted by Crippen LogP contribution is 2.19. The Bertz CT molecular complexity index is 1190. The second-order valence-corrected chi connectivity index (χ2v) is 23.9. The topological polar surface area (TPSA) is 95.9 Å². The van der Waals surface area contributed by atoms with Crippen molar-refractivity contribution < 1.29 is 24.5 Å². The molecule has 0 aliphatic rings. The van der Waals surface area contributed by atoms with Crippen molar-refractivity contribution in [1.29, 1.82) is 0 Å². The van der Waals surface area contributed by atoms with E-state index in [1.54, 1.807) is 6.08 Å². The van der Waals surface area contributed by atoms with E-state index in [1.807, 2.05) is 6.08 Å². The van der Waals surface area contributed by atoms with Gasteiger partial charge in [-0.25, -0.2) is 0 Å². The number of amides is 1. The van der Waals surface area contributed by atoms with Gasteiger partial charge in [0.15, 0.2) is 0 Å². The highest BCUT2D eigenvalue weighted by Gasteiger charge is 2.18. The SMILES string of the molecule is CCCCC/C=C\CCCCCCCC(=O)OCCCCCCCCCCCCCCCCCCCCCCCCCCCCCCC(=O)NC(CO)C(O)/C=C/CCCCCCCCCCCCCCCCCCC. The van der Waals surface area contributed by atoms with Crippen LogP contribution in [0.2, 0.25) is 0 Å². The van der Waals surface area contributed by atoms with Gasteiger partial charge >= 0.3 is 5.97 Å². The normalized spacial score (nSPS) is 12.6. The molecule has 450 valence electrons. The molecule has 2 unspecified atom stereocenters. The van der Waals surface area contributed by atoms with Crippen LogP contribution in [0.25, 0.3) is 0 Å². The Morgan fingerprint density at radius 1 is 0.355 bits per heavy atom. The minimum absolute atomic E-state index is 0.00883. The molecule has 0 saturated heterocycles. The van der Waals surface area contributed by atoms with E-state index in [0.717, 1.165) is 44.9 Å². The lowest BCUT2D eigenvalue weighted by atomic mass is 10.0. The zero-order chi connectivity index (χ0) is 55.0. The second kappa shape index (κ2) is 65.9. The van der Waals surface area contributed by atoms with E-state index in [-0.39, 0.29) is 18.5 Å². The molecule has 0 aliphatic heterocycles. The molecular formula is C70H135NO5. The Morgan fingerprint density at radius 3 is 0.961 bits per heavy atom. The summed E-state index contributed by atoms with van der Waals surface area (Å²) >= 11 is 0. The van der Waals surface area contributed by atoms with Gasteiger partial charge in [0.05, 0.1) is 25.4 Å². The predicted octanol–water partition coefficient (Wildman–Crippen LogP) is 22.1. The third-order valence-electron chi connectivity index (χ3n) is 16.2. The number of hydrogen-bond donors (Lipinski definition) is 3. The zero-order valence-corrected chi connectivity index (χ0v) is 51.5. The lowest BCUT2D eigenvalue weighted by molar-refractivity contribution is -0.143. The number of nitrogens with one attached hydrogen (secondary N) is 1. The predicted molar refractivity (Wildman–Crippen MR) is 333 cm³/mol. The summed E-state index contributed by atoms with van der Waals surface area (Å²) in [5, 5.41) is 23.2. The largest absolute Gasteiger partial charge is 0.466 e. The maximum atomic E-state index is 12.5. The molecule has 2 atom stereocenters. The van der Waals surface area contributed by atoms with Gasteiger partial charge in [-0.2, -0.15) is 0 Å². The summed E-state index contributed by atoms with van der Waals surface area (Å²) in [6.45, 7) is 4.91. The maximum absolute atomic E-state index is 12.5. The fourth-order valence-corrected chi connectivity index (χ4v) is 10.9. The summed E-state index contributed by atoms with van der Waals surface area (Å²) in [7, 11) is 0. The summed E-state index contributed by atoms with van der Waals surface area (Å²) in [4.78, 5) is 24.5. The fraction of sp³-hybridized carbons (Fsp3) is 0.914. The number of ether oxygens (including phenoxy) is 1. The van der Waals surface area contributed by atoms with Crippen molar-refractivity contribution in [2.45, 2.75) is 398 Å². The van der Waals surface area contributed by atoms with E-state index in [4.69, 9.17) is 4.74 Å². The number of rotatable bonds is 65. The second-order valence-electron chi connectivity index (χ2n) is 23.9. The Balaban J connectivity index is 3.37. The number of allylic oxidation sites excluding steroid dienone is 3. The first-order chi connectivity index (χ1) is 37.5. The molecule has 0 aromatic rings. The number of unbranched alkanes of at least 4 members (excludes halogenated alkanes) is 52. The highest BCUT2D eigenvalue weighted by molar-refractivity contribution is 5.76. The molecule has 0 aromatic heterocycles. The van der Waals surface area contributed by atoms with Gasteiger partial charge in [-0.05, 0) is 57.8 Å². The first-order valence-electron chi connectivity index (χ1n) is 34.6. The molecule has 76 heavy (non-hydrogen) atoms. The van der Waals surface area contributed by atoms with Crippen LogP contribution in [0, 0.1) is 0 Å². The van der Waals surface area contributed by atoms with Crippen LogP contribution in [0.4, 0.5) is 0 Å². The Labute approximate surface area is 475 Å². The molecule has 0 bridgehead atoms. The van der Waals surface area contributed by atoms with Crippen molar-refractivity contribution in [1.82, 2.24) is 5.32 Å². The first kappa shape index (κ1) is 74.3. The number of aliphatic hydroxyl groups excluding tert-OH is 2. The molecule has 6 heteroatoms. The van der Waals surface area contributed by atoms with Crippen LogP contribution in [0.3, 0.4) is 0 Å². The van der Waals surface area contributed by atoms with Gasteiger partial charge < -0.3 is 20.3 Å². The van der Waals surface area contributed by atoms with Crippen LogP contribution < -0.4 is 5.32 Å². The van der Waals surface area contributed by atoms with Gasteiger partial charge in [-0.3, -0.25) is 9.59 Å². The minimum atomic E-state index is -0.843. The van der Waals surface area contributed by atoms with Crippen molar-refractivity contribution in [3.8, 4) is 0 Å². The number of carbonyl (C=O) groups excluding carboxylic acids is 2. The zero-order valence-electron chi connectivity index (χ0n) is 51.5. The van der Waals surface area contributed by atoms with Crippen LogP contribution in [0.5, 0.6) is 0 Å². The van der Waals surface area contributed by atoms with E-state index in [1.165, 1.54) is 315 Å². The van der Waals surface area contributed by atoms with Gasteiger partial charge in [0, 0.05) is 12.8 Å². The van der Waals surface area contributed by atoms with Gasteiger partial charge in [-0.1, -0.05) is 340 Å². The van der Waals surface area contributed by atoms with Crippen LogP contribution in [0.15, 0.2) is 24.3 Å². The monoisotopic (exact) mass is 1070 g/mol. The molecule has 0 aliphatic carbocycles. The number of esters is 1. The number of carbonyl (C=O) groups is 2. The average Bonchev–Trinajstić information content (AvgIpc) is 3.42. The first-order valence-corrected chi connectivity index (χ1v) is 34.6. The van der Waals surface area contributed by atoms with E-state index in [9.17, 15) is 19.8 Å². The standard InChI is InChI=1S/C70H135NO5/c1-3-5-7-9-11-13-15-17-18-19-30-33-36-39-42-46-50-54-58-62-68(73)67(66-72)71-69(74)63-59-55-51-47-43-40-37-34-31-28-26-24-22-20-21-23-25-27-29-32-35-38-41-45-49-53-57-61-65-76-70(75)64-60-56-52-48-44-16-14-12-10-8-6-4-2/h12,14,58,62,67-68,72-73H,3-11,13,15-57,59-61,63-66H2,1-2H3,(H,71,74)/b14-12-,62-58+. The third-order valence-corrected chi connectivity index (χ3v) is 16.2. The number of hydrogen-bond acceptors (Lipinski definition) is 5. The van der Waals surface area contributed by atoms with Crippen LogP contribution in [-0.2, 0) is 14.3 Å². The molecule has 0 fully saturated rings. The van der Waals surface area contributed by atoms with Crippen molar-refractivity contribution in [2.24, 2.45) is 0 Å². The Morgan fingerprint density at radius 2 is 0.618 bits per heavy atom. The number of aliphatic hydroxyl groups is 2. The van der Waals surface area contributed by atoms with E-state index >= 15 is 0 Å². The summed E-state index contributed by atoms with van der Waals surface area (Å²) in [5.41, 5.74) is 0. The summed E-state index contributed by atoms with van der Waals surface area (Å²) in [6.07, 6.45) is 82.5. The lowest BCUT2D eigenvalue weighted by Crippen LogP contribution is -2.45. The molecule has 1 amide bonds. The Kier molecular flexibility index (Phi) is 64.4. The maximum Gasteiger partial charge on any atom is 0.305 e. The quantitative estimate of drug-likeness (QED) is 0.0320. The molecule has 6 nitrogen and oxygen atoms in total. The molecular weight excluding hydrogens is 935 g/mol. The van der Waals surface area contributed by atoms with Gasteiger partial charge in [-0.15, -0.1) is 0 Å². The van der Waals surface area contributed by atoms with E-state index in [2.05, 4.69) is 31.3 Å². The smallest absolute Gasteiger partial charge is 0.305 e. The van der Waals surface area contributed by atoms with E-state index in [0.29, 0.717) is 19.4 Å². The van der Waals surface area contributed by atoms with E-state index < -0.39 is 12.1 Å². The minimum Gasteiger partial charge on any atom is -0.466 e. The molecule has 3 N–H and O–H groups in total. The van der Waals surface area contributed by atoms with Crippen molar-refractivity contribution in [3.63, 3.8) is 0 Å². The van der Waals surface area contributed by atoms with Crippen LogP contribution >= 0.6 is 0 Å². The third kappa shape index (κ3) is 61.6. The molecule has 0 saturated carbocycles. The van der Waals surface area contributed by atoms with Crippen LogP contribution in [0.1, 0.15) is 386 Å².